The standard InChI is InChI=1S/C16H15ClF2N4O4S/c1-8-14(27-7-13(18)19)15(26-2)22-16(21-8)23-28(24,25)12-6-20-11-5-9(17)3-4-10(11)12/h3-6,13,20H,7H2,1-2H3,(H,21,22,23). The Kier molecular flexibility index (Phi) is 5.57. The van der Waals surface area contributed by atoms with Crippen LogP contribution in [-0.2, 0) is 10.0 Å². The number of hydrogen-bond acceptors (Lipinski definition) is 6. The molecule has 0 fully saturated rings. The van der Waals surface area contributed by atoms with E-state index in [-0.39, 0.29) is 28.2 Å². The number of sulfonamides is 1. The number of hydrogen-bond donors (Lipinski definition) is 2. The molecule has 0 bridgehead atoms. The Balaban J connectivity index is 1.94. The maximum atomic E-state index is 12.8. The number of H-pyrrole nitrogens is 1. The number of aryl methyl sites for hydroxylation is 1. The van der Waals surface area contributed by atoms with Crippen LogP contribution in [0, 0.1) is 6.92 Å². The van der Waals surface area contributed by atoms with E-state index >= 15 is 0 Å². The second kappa shape index (κ2) is 7.76. The first-order valence-electron chi connectivity index (χ1n) is 7.84. The van der Waals surface area contributed by atoms with Crippen molar-refractivity contribution in [2.45, 2.75) is 18.2 Å². The molecule has 2 aromatic heterocycles. The number of alkyl halides is 2. The van der Waals surface area contributed by atoms with Gasteiger partial charge in [0.05, 0.1) is 12.8 Å². The van der Waals surface area contributed by atoms with Gasteiger partial charge in [-0.15, -0.1) is 0 Å². The van der Waals surface area contributed by atoms with Crippen molar-refractivity contribution in [3.8, 4) is 11.6 Å². The first kappa shape index (κ1) is 20.1. The van der Waals surface area contributed by atoms with Crippen LogP contribution in [0.2, 0.25) is 5.02 Å². The van der Waals surface area contributed by atoms with Crippen LogP contribution in [0.25, 0.3) is 10.9 Å². The van der Waals surface area contributed by atoms with E-state index in [1.807, 2.05) is 0 Å². The molecular weight excluding hydrogens is 418 g/mol. The summed E-state index contributed by atoms with van der Waals surface area (Å²) in [5, 5.41) is 0.881. The van der Waals surface area contributed by atoms with Crippen LogP contribution in [0.5, 0.6) is 11.6 Å². The minimum Gasteiger partial charge on any atom is -0.480 e. The average molecular weight is 433 g/mol. The molecule has 0 saturated heterocycles. The maximum absolute atomic E-state index is 12.8. The second-order valence-electron chi connectivity index (χ2n) is 5.62. The predicted octanol–water partition coefficient (Wildman–Crippen LogP) is 3.37. The lowest BCUT2D eigenvalue weighted by atomic mass is 10.2. The highest BCUT2D eigenvalue weighted by Gasteiger charge is 2.23. The van der Waals surface area contributed by atoms with Crippen LogP contribution in [-0.4, -0.2) is 43.5 Å². The molecule has 3 rings (SSSR count). The molecule has 28 heavy (non-hydrogen) atoms. The normalized spacial score (nSPS) is 11.8. The molecule has 0 atom stereocenters. The number of ether oxygens (including phenoxy) is 2. The van der Waals surface area contributed by atoms with Gasteiger partial charge in [-0.3, -0.25) is 0 Å². The highest BCUT2D eigenvalue weighted by molar-refractivity contribution is 7.93. The number of fused-ring (bicyclic) bond motifs is 1. The number of anilines is 1. The van der Waals surface area contributed by atoms with Gasteiger partial charge in [-0.1, -0.05) is 11.6 Å². The van der Waals surface area contributed by atoms with Crippen molar-refractivity contribution in [1.82, 2.24) is 15.0 Å². The van der Waals surface area contributed by atoms with Crippen LogP contribution >= 0.6 is 11.6 Å². The van der Waals surface area contributed by atoms with Gasteiger partial charge in [0.15, 0.2) is 0 Å². The van der Waals surface area contributed by atoms with Crippen LogP contribution < -0.4 is 14.2 Å². The van der Waals surface area contributed by atoms with Gasteiger partial charge in [0, 0.05) is 22.1 Å². The molecule has 0 amide bonds. The Morgan fingerprint density at radius 2 is 2.07 bits per heavy atom. The number of nitrogens with one attached hydrogen (secondary N) is 2. The highest BCUT2D eigenvalue weighted by atomic mass is 35.5. The Morgan fingerprint density at radius 1 is 1.32 bits per heavy atom. The second-order valence-corrected chi connectivity index (χ2v) is 7.71. The summed E-state index contributed by atoms with van der Waals surface area (Å²) < 4.78 is 62.5. The first-order chi connectivity index (χ1) is 13.2. The van der Waals surface area contributed by atoms with Gasteiger partial charge in [-0.05, 0) is 25.1 Å². The average Bonchev–Trinajstić information content (AvgIpc) is 3.03. The Labute approximate surface area is 163 Å². The van der Waals surface area contributed by atoms with Crippen molar-refractivity contribution in [1.29, 1.82) is 0 Å². The first-order valence-corrected chi connectivity index (χ1v) is 9.70. The van der Waals surface area contributed by atoms with Gasteiger partial charge in [0.2, 0.25) is 11.7 Å². The Hall–Kier alpha value is -2.66. The number of benzene rings is 1. The monoisotopic (exact) mass is 432 g/mol. The van der Waals surface area contributed by atoms with Crippen LogP contribution in [0.4, 0.5) is 14.7 Å². The summed E-state index contributed by atoms with van der Waals surface area (Å²) in [7, 11) is -2.81. The molecule has 0 saturated carbocycles. The van der Waals surface area contributed by atoms with E-state index in [2.05, 4.69) is 19.7 Å². The van der Waals surface area contributed by atoms with E-state index in [1.54, 1.807) is 18.2 Å². The molecule has 3 aromatic rings. The fraction of sp³-hybridized carbons (Fsp3) is 0.250. The zero-order chi connectivity index (χ0) is 20.5. The van der Waals surface area contributed by atoms with Crippen LogP contribution in [0.1, 0.15) is 5.69 Å². The van der Waals surface area contributed by atoms with Gasteiger partial charge >= 0.3 is 0 Å². The number of halogens is 3. The number of rotatable bonds is 7. The summed E-state index contributed by atoms with van der Waals surface area (Å²) in [6.45, 7) is 0.583. The minimum atomic E-state index is -4.06. The molecule has 2 heterocycles. The van der Waals surface area contributed by atoms with E-state index in [9.17, 15) is 17.2 Å². The van der Waals surface area contributed by atoms with E-state index in [0.29, 0.717) is 15.9 Å². The summed E-state index contributed by atoms with van der Waals surface area (Å²) >= 11 is 5.91. The van der Waals surface area contributed by atoms with Crippen molar-refractivity contribution in [2.24, 2.45) is 0 Å². The zero-order valence-corrected chi connectivity index (χ0v) is 16.2. The van der Waals surface area contributed by atoms with E-state index in [1.165, 1.54) is 20.2 Å². The molecule has 0 aliphatic heterocycles. The quantitative estimate of drug-likeness (QED) is 0.593. The van der Waals surface area contributed by atoms with Crippen molar-refractivity contribution < 1.29 is 26.7 Å². The summed E-state index contributed by atoms with van der Waals surface area (Å²) in [6.07, 6.45) is -1.38. The fourth-order valence-corrected chi connectivity index (χ4v) is 3.80. The van der Waals surface area contributed by atoms with Gasteiger partial charge in [0.25, 0.3) is 22.3 Å². The van der Waals surface area contributed by atoms with Gasteiger partial charge < -0.3 is 14.5 Å². The van der Waals surface area contributed by atoms with Crippen molar-refractivity contribution >= 4 is 38.5 Å². The lowest BCUT2D eigenvalue weighted by molar-refractivity contribution is 0.0795. The summed E-state index contributed by atoms with van der Waals surface area (Å²) in [6, 6.07) is 4.72. The third-order valence-electron chi connectivity index (χ3n) is 3.67. The topological polar surface area (TPSA) is 106 Å². The molecule has 12 heteroatoms. The summed E-state index contributed by atoms with van der Waals surface area (Å²) in [5.74, 6) is -0.550. The van der Waals surface area contributed by atoms with E-state index < -0.39 is 23.1 Å². The third-order valence-corrected chi connectivity index (χ3v) is 5.28. The fourth-order valence-electron chi connectivity index (χ4n) is 2.50. The molecule has 8 nitrogen and oxygen atoms in total. The van der Waals surface area contributed by atoms with Crippen LogP contribution in [0.15, 0.2) is 29.3 Å². The molecule has 0 aliphatic carbocycles. The smallest absolute Gasteiger partial charge is 0.272 e. The summed E-state index contributed by atoms with van der Waals surface area (Å²) in [4.78, 5) is 10.7. The largest absolute Gasteiger partial charge is 0.480 e. The highest BCUT2D eigenvalue weighted by Crippen LogP contribution is 2.31. The predicted molar refractivity (Wildman–Crippen MR) is 98.9 cm³/mol. The number of methoxy groups -OCH3 is 1. The Bertz CT molecular complexity index is 1120. The molecule has 0 spiro atoms. The lowest BCUT2D eigenvalue weighted by Crippen LogP contribution is -2.16. The lowest BCUT2D eigenvalue weighted by Gasteiger charge is -2.13. The zero-order valence-electron chi connectivity index (χ0n) is 14.7. The third kappa shape index (κ3) is 4.09. The van der Waals surface area contributed by atoms with Gasteiger partial charge in [0.1, 0.15) is 11.5 Å². The molecule has 2 N–H and O–H groups in total. The number of aromatic nitrogens is 3. The van der Waals surface area contributed by atoms with Crippen molar-refractivity contribution in [3.63, 3.8) is 0 Å². The van der Waals surface area contributed by atoms with Gasteiger partial charge in [-0.2, -0.15) is 4.98 Å². The SMILES string of the molecule is COc1nc(NS(=O)(=O)c2c[nH]c3cc(Cl)ccc23)nc(C)c1OCC(F)F. The summed E-state index contributed by atoms with van der Waals surface area (Å²) in [5.41, 5.74) is 0.675. The van der Waals surface area contributed by atoms with Crippen molar-refractivity contribution in [3.05, 3.63) is 35.1 Å². The molecule has 0 aliphatic rings. The van der Waals surface area contributed by atoms with E-state index in [4.69, 9.17) is 21.1 Å². The Morgan fingerprint density at radius 3 is 2.75 bits per heavy atom. The van der Waals surface area contributed by atoms with Crippen LogP contribution in [0.3, 0.4) is 0 Å². The van der Waals surface area contributed by atoms with Crippen molar-refractivity contribution in [2.75, 3.05) is 18.4 Å². The number of nitrogens with zero attached hydrogens (tertiary/aromatic N) is 2. The number of aromatic amines is 1. The minimum absolute atomic E-state index is 0.0302. The molecule has 0 unspecified atom stereocenters. The molecular formula is C16H15ClF2N4O4S. The molecule has 150 valence electrons. The van der Waals surface area contributed by atoms with Gasteiger partial charge in [-0.25, -0.2) is 26.9 Å². The molecule has 1 aromatic carbocycles. The van der Waals surface area contributed by atoms with E-state index in [0.717, 1.165) is 0 Å². The maximum Gasteiger partial charge on any atom is 0.272 e. The molecule has 0 radical (unpaired) electrons.